The van der Waals surface area contributed by atoms with E-state index in [1.807, 2.05) is 0 Å². The minimum Gasteiger partial charge on any atom is -0.507 e. The monoisotopic (exact) mass is 710 g/mol. The number of aromatic nitrogens is 2. The SMILES string of the molecule is COc1cccc2c1C(=O)c1c(O)c3c(c(O)c1C2=O)C[C@@](O)(C(=O)CO)C[C@@H]3O[C@H]1C[C@H](NC(=O)CCn2ccnc2[N+](=O)[O-])[C@H](O)[C@H](C)O1. The van der Waals surface area contributed by atoms with Gasteiger partial charge in [-0.25, -0.2) is 4.57 Å². The van der Waals surface area contributed by atoms with Crippen LogP contribution >= 0.6 is 0 Å². The number of nitro groups is 1. The number of rotatable bonds is 10. The molecule has 2 aliphatic carbocycles. The van der Waals surface area contributed by atoms with E-state index in [1.165, 1.54) is 49.2 Å². The number of ether oxygens (including phenoxy) is 3. The van der Waals surface area contributed by atoms with Gasteiger partial charge in [0.2, 0.25) is 11.7 Å². The molecular formula is C33H34N4O14. The second-order valence-corrected chi connectivity index (χ2v) is 12.6. The van der Waals surface area contributed by atoms with Crippen LogP contribution in [0, 0.1) is 10.1 Å². The quantitative estimate of drug-likeness (QED) is 0.0736. The van der Waals surface area contributed by atoms with Crippen LogP contribution < -0.4 is 10.1 Å². The van der Waals surface area contributed by atoms with Crippen LogP contribution in [0.5, 0.6) is 17.2 Å². The van der Waals surface area contributed by atoms with E-state index >= 15 is 0 Å². The summed E-state index contributed by atoms with van der Waals surface area (Å²) in [6.07, 6.45) is -4.11. The number of methoxy groups -OCH3 is 1. The molecule has 3 aliphatic rings. The van der Waals surface area contributed by atoms with Crippen LogP contribution in [0.1, 0.15) is 75.3 Å². The molecule has 1 amide bonds. The summed E-state index contributed by atoms with van der Waals surface area (Å²) in [5.74, 6) is -5.22. The number of aliphatic hydroxyl groups is 3. The van der Waals surface area contributed by atoms with Crippen LogP contribution in [0.25, 0.3) is 0 Å². The molecule has 1 aromatic heterocycles. The molecular weight excluding hydrogens is 676 g/mol. The molecule has 1 fully saturated rings. The Labute approximate surface area is 288 Å². The molecule has 3 aromatic rings. The molecule has 0 bridgehead atoms. The molecule has 0 radical (unpaired) electrons. The first-order valence-electron chi connectivity index (χ1n) is 15.9. The average molecular weight is 711 g/mol. The largest absolute Gasteiger partial charge is 0.507 e. The summed E-state index contributed by atoms with van der Waals surface area (Å²) in [4.78, 5) is 67.4. The lowest BCUT2D eigenvalue weighted by molar-refractivity contribution is -0.396. The summed E-state index contributed by atoms with van der Waals surface area (Å²) >= 11 is 0. The van der Waals surface area contributed by atoms with Crippen molar-refractivity contribution in [2.75, 3.05) is 13.7 Å². The number of aromatic hydroxyl groups is 2. The van der Waals surface area contributed by atoms with Crippen LogP contribution in [0.15, 0.2) is 30.6 Å². The van der Waals surface area contributed by atoms with E-state index in [2.05, 4.69) is 10.3 Å². The summed E-state index contributed by atoms with van der Waals surface area (Å²) < 4.78 is 18.5. The summed E-state index contributed by atoms with van der Waals surface area (Å²) in [7, 11) is 1.29. The zero-order valence-corrected chi connectivity index (χ0v) is 27.3. The predicted molar refractivity (Wildman–Crippen MR) is 169 cm³/mol. The van der Waals surface area contributed by atoms with E-state index < -0.39 is 112 Å². The number of phenols is 2. The van der Waals surface area contributed by atoms with E-state index in [4.69, 9.17) is 14.2 Å². The number of phenolic OH excluding ortho intramolecular Hbond substituents is 2. The molecule has 51 heavy (non-hydrogen) atoms. The van der Waals surface area contributed by atoms with E-state index in [-0.39, 0.29) is 47.4 Å². The average Bonchev–Trinajstić information content (AvgIpc) is 3.58. The van der Waals surface area contributed by atoms with Gasteiger partial charge in [-0.05, 0) is 17.9 Å². The number of benzene rings is 2. The van der Waals surface area contributed by atoms with E-state index in [0.717, 1.165) is 0 Å². The molecule has 1 aliphatic heterocycles. The van der Waals surface area contributed by atoms with Crippen molar-refractivity contribution >= 4 is 29.2 Å². The molecule has 0 unspecified atom stereocenters. The van der Waals surface area contributed by atoms with Gasteiger partial charge in [0.25, 0.3) is 0 Å². The zero-order valence-electron chi connectivity index (χ0n) is 27.3. The van der Waals surface area contributed by atoms with Gasteiger partial charge in [-0.15, -0.1) is 0 Å². The van der Waals surface area contributed by atoms with Crippen LogP contribution in [0.3, 0.4) is 0 Å². The number of aryl methyl sites for hydroxylation is 1. The Morgan fingerprint density at radius 2 is 1.90 bits per heavy atom. The molecule has 2 aromatic carbocycles. The molecule has 6 atom stereocenters. The first kappa shape index (κ1) is 35.6. The number of imidazole rings is 1. The highest BCUT2D eigenvalue weighted by molar-refractivity contribution is 6.31. The van der Waals surface area contributed by atoms with Crippen LogP contribution in [0.4, 0.5) is 5.95 Å². The standard InChI is InChI=1S/C33H34N4O14/c1-14-27(41)17(35-21(40)6-8-36-9-7-34-32(36)37(47)48)10-22(50-14)51-19-12-33(46,20(39)13-38)11-16-24(19)31(45)26-25(29(16)43)28(42)15-4-3-5-18(49-2)23(15)30(26)44/h3-5,7,9,14,17,19,22,27,38,41,43,45-46H,6,8,10-13H2,1-2H3,(H,35,40)/t14-,17-,19-,22-,27+,33-/m0/s1. The van der Waals surface area contributed by atoms with Gasteiger partial charge in [-0.3, -0.25) is 19.2 Å². The Morgan fingerprint density at radius 3 is 2.59 bits per heavy atom. The number of carbonyl (C=O) groups is 4. The maximum atomic E-state index is 13.9. The number of Topliss-reactive ketones (excluding diaryl/α,β-unsaturated/α-hetero) is 1. The molecule has 1 saturated heterocycles. The minimum atomic E-state index is -2.36. The highest BCUT2D eigenvalue weighted by atomic mass is 16.7. The van der Waals surface area contributed by atoms with Crippen LogP contribution in [-0.2, 0) is 32.0 Å². The summed E-state index contributed by atoms with van der Waals surface area (Å²) in [6, 6.07) is 3.28. The fraction of sp³-hybridized carbons (Fsp3) is 0.424. The van der Waals surface area contributed by atoms with Crippen molar-refractivity contribution in [3.63, 3.8) is 0 Å². The molecule has 6 N–H and O–H groups in total. The molecule has 270 valence electrons. The van der Waals surface area contributed by atoms with E-state index in [1.54, 1.807) is 0 Å². The highest BCUT2D eigenvalue weighted by Crippen LogP contribution is 2.52. The number of amides is 1. The highest BCUT2D eigenvalue weighted by Gasteiger charge is 2.50. The summed E-state index contributed by atoms with van der Waals surface area (Å²) in [5, 5.41) is 69.0. The first-order valence-corrected chi connectivity index (χ1v) is 15.9. The maximum absolute atomic E-state index is 13.9. The first-order chi connectivity index (χ1) is 24.2. The number of carbonyl (C=O) groups excluding carboxylic acids is 4. The summed E-state index contributed by atoms with van der Waals surface area (Å²) in [5.41, 5.74) is -4.20. The number of nitrogens with zero attached hydrogens (tertiary/aromatic N) is 3. The molecule has 0 saturated carbocycles. The minimum absolute atomic E-state index is 0.0447. The van der Waals surface area contributed by atoms with Gasteiger partial charge < -0.3 is 55.2 Å². The van der Waals surface area contributed by atoms with Crippen molar-refractivity contribution in [1.82, 2.24) is 14.9 Å². The lowest BCUT2D eigenvalue weighted by Crippen LogP contribution is -2.56. The van der Waals surface area contributed by atoms with Gasteiger partial charge >= 0.3 is 5.95 Å². The van der Waals surface area contributed by atoms with Gasteiger partial charge in [-0.1, -0.05) is 17.1 Å². The van der Waals surface area contributed by atoms with Gasteiger partial charge in [0.1, 0.15) is 48.0 Å². The number of fused-ring (bicyclic) bond motifs is 3. The van der Waals surface area contributed by atoms with Crippen molar-refractivity contribution in [3.8, 4) is 17.2 Å². The normalized spacial score (nSPS) is 25.4. The molecule has 18 nitrogen and oxygen atoms in total. The number of hydrogen-bond donors (Lipinski definition) is 6. The van der Waals surface area contributed by atoms with Crippen LogP contribution in [0.2, 0.25) is 0 Å². The van der Waals surface area contributed by atoms with Gasteiger partial charge in [0, 0.05) is 36.0 Å². The second-order valence-electron chi connectivity index (χ2n) is 12.6. The molecule has 6 rings (SSSR count). The molecule has 2 heterocycles. The Balaban J connectivity index is 1.32. The smallest absolute Gasteiger partial charge is 0.434 e. The summed E-state index contributed by atoms with van der Waals surface area (Å²) in [6.45, 7) is 0.307. The molecule has 0 spiro atoms. The van der Waals surface area contributed by atoms with Gasteiger partial charge in [0.15, 0.2) is 17.9 Å². The van der Waals surface area contributed by atoms with Crippen molar-refractivity contribution in [2.45, 2.75) is 75.4 Å². The Bertz CT molecular complexity index is 1960. The topological polar surface area (TPSA) is 270 Å². The zero-order chi connectivity index (χ0) is 36.9. The van der Waals surface area contributed by atoms with Gasteiger partial charge in [-0.2, -0.15) is 0 Å². The van der Waals surface area contributed by atoms with Gasteiger partial charge in [0.05, 0.1) is 55.0 Å². The molecule has 18 heteroatoms. The van der Waals surface area contributed by atoms with Crippen LogP contribution in [-0.4, -0.2) is 107 Å². The second kappa shape index (κ2) is 13.5. The van der Waals surface area contributed by atoms with Crippen molar-refractivity contribution < 1.29 is 63.8 Å². The number of nitrogens with one attached hydrogen (secondary N) is 1. The number of aliphatic hydroxyl groups excluding tert-OH is 2. The predicted octanol–water partition coefficient (Wildman–Crippen LogP) is 0.354. The van der Waals surface area contributed by atoms with Crippen molar-refractivity contribution in [1.29, 1.82) is 0 Å². The maximum Gasteiger partial charge on any atom is 0.434 e. The number of hydrogen-bond acceptors (Lipinski definition) is 15. The van der Waals surface area contributed by atoms with E-state index in [0.29, 0.717) is 0 Å². The third-order valence-electron chi connectivity index (χ3n) is 9.54. The Hall–Kier alpha value is -5.27. The van der Waals surface area contributed by atoms with Crippen molar-refractivity contribution in [2.24, 2.45) is 0 Å². The third kappa shape index (κ3) is 6.10. The Kier molecular flexibility index (Phi) is 9.38. The number of ketones is 3. The Morgan fingerprint density at radius 1 is 1.18 bits per heavy atom. The van der Waals surface area contributed by atoms with E-state index in [9.17, 15) is 54.8 Å². The third-order valence-corrected chi connectivity index (χ3v) is 9.54. The lowest BCUT2D eigenvalue weighted by Gasteiger charge is -2.43. The van der Waals surface area contributed by atoms with Crippen molar-refractivity contribution in [3.05, 3.63) is 74.1 Å². The fourth-order valence-electron chi connectivity index (χ4n) is 7.01. The fourth-order valence-corrected chi connectivity index (χ4v) is 7.01. The lowest BCUT2D eigenvalue weighted by atomic mass is 9.72.